The van der Waals surface area contributed by atoms with Crippen LogP contribution in [0.5, 0.6) is 5.75 Å². The van der Waals surface area contributed by atoms with Gasteiger partial charge in [-0.05, 0) is 49.1 Å². The molecule has 1 aliphatic carbocycles. The second-order valence-electron chi connectivity index (χ2n) is 7.17. The average Bonchev–Trinajstić information content (AvgIpc) is 3.17. The third kappa shape index (κ3) is 3.73. The number of para-hydroxylation sites is 2. The molecule has 31 heavy (non-hydrogen) atoms. The number of alkyl halides is 3. The predicted molar refractivity (Wildman–Crippen MR) is 105 cm³/mol. The lowest BCUT2D eigenvalue weighted by Crippen LogP contribution is -2.45. The van der Waals surface area contributed by atoms with Crippen molar-refractivity contribution in [3.8, 4) is 5.75 Å². The number of amides is 1. The van der Waals surface area contributed by atoms with Gasteiger partial charge in [0.25, 0.3) is 10.0 Å². The maximum Gasteiger partial charge on any atom is 0.471 e. The second kappa shape index (κ2) is 7.56. The smallest absolute Gasteiger partial charge is 0.471 e. The Balaban J connectivity index is 1.75. The maximum atomic E-state index is 13.4. The highest BCUT2D eigenvalue weighted by molar-refractivity contribution is 7.90. The third-order valence-corrected chi connectivity index (χ3v) is 7.06. The first-order valence-electron chi connectivity index (χ1n) is 9.37. The van der Waals surface area contributed by atoms with Gasteiger partial charge in [-0.2, -0.15) is 13.2 Å². The van der Waals surface area contributed by atoms with Crippen molar-refractivity contribution in [1.29, 1.82) is 0 Å². The number of benzene rings is 2. The molecule has 1 unspecified atom stereocenters. The number of methoxy groups -OCH3 is 1. The molecule has 1 atom stereocenters. The Kier molecular flexibility index (Phi) is 5.16. The van der Waals surface area contributed by atoms with Crippen LogP contribution in [0.2, 0.25) is 0 Å². The van der Waals surface area contributed by atoms with Crippen molar-refractivity contribution in [2.75, 3.05) is 7.11 Å². The quantitative estimate of drug-likeness (QED) is 0.656. The molecule has 0 bridgehead atoms. The van der Waals surface area contributed by atoms with E-state index in [-0.39, 0.29) is 24.2 Å². The number of carbonyl (C=O) groups is 1. The molecule has 1 heterocycles. The van der Waals surface area contributed by atoms with Crippen molar-refractivity contribution in [2.24, 2.45) is 0 Å². The molecule has 7 nitrogen and oxygen atoms in total. The number of hydrogen-bond acceptors (Lipinski definition) is 5. The normalized spacial score (nSPS) is 16.7. The van der Waals surface area contributed by atoms with Crippen LogP contribution in [0.3, 0.4) is 0 Å². The molecular formula is C20H18F3N3O4S. The van der Waals surface area contributed by atoms with Crippen molar-refractivity contribution in [3.63, 3.8) is 0 Å². The van der Waals surface area contributed by atoms with Crippen LogP contribution in [0, 0.1) is 0 Å². The van der Waals surface area contributed by atoms with Crippen LogP contribution in [-0.2, 0) is 27.7 Å². The van der Waals surface area contributed by atoms with Crippen LogP contribution in [0.4, 0.5) is 13.2 Å². The van der Waals surface area contributed by atoms with Gasteiger partial charge in [-0.25, -0.2) is 17.4 Å². The first-order valence-corrected chi connectivity index (χ1v) is 10.8. The number of carbonyl (C=O) groups excluding carboxylic acids is 1. The van der Waals surface area contributed by atoms with Crippen LogP contribution in [0.1, 0.15) is 17.5 Å². The minimum absolute atomic E-state index is 0.0222. The van der Waals surface area contributed by atoms with E-state index < -0.39 is 28.1 Å². The van der Waals surface area contributed by atoms with Gasteiger partial charge >= 0.3 is 12.1 Å². The van der Waals surface area contributed by atoms with Crippen LogP contribution in [0.25, 0.3) is 11.0 Å². The molecule has 0 fully saturated rings. The summed E-state index contributed by atoms with van der Waals surface area (Å²) in [4.78, 5) is 15.5. The van der Waals surface area contributed by atoms with Gasteiger partial charge in [0.1, 0.15) is 12.1 Å². The summed E-state index contributed by atoms with van der Waals surface area (Å²) >= 11 is 0. The number of rotatable bonds is 4. The average molecular weight is 453 g/mol. The van der Waals surface area contributed by atoms with Crippen LogP contribution in [-0.4, -0.2) is 42.6 Å². The molecule has 164 valence electrons. The molecule has 11 heteroatoms. The number of ether oxygens (including phenoxy) is 1. The van der Waals surface area contributed by atoms with Crippen molar-refractivity contribution in [1.82, 2.24) is 14.3 Å². The summed E-state index contributed by atoms with van der Waals surface area (Å²) in [5.41, 5.74) is 1.86. The molecule has 0 saturated carbocycles. The molecule has 0 radical (unpaired) electrons. The van der Waals surface area contributed by atoms with Gasteiger partial charge in [-0.3, -0.25) is 4.79 Å². The Labute approximate surface area is 175 Å². The number of nitrogens with one attached hydrogen (secondary N) is 1. The van der Waals surface area contributed by atoms with E-state index in [0.717, 1.165) is 3.97 Å². The lowest BCUT2D eigenvalue weighted by Gasteiger charge is -2.28. The van der Waals surface area contributed by atoms with Gasteiger partial charge in [0.15, 0.2) is 0 Å². The van der Waals surface area contributed by atoms with Gasteiger partial charge in [-0.15, -0.1) is 0 Å². The van der Waals surface area contributed by atoms with Crippen molar-refractivity contribution in [2.45, 2.75) is 36.4 Å². The molecule has 4 rings (SSSR count). The van der Waals surface area contributed by atoms with Gasteiger partial charge in [0, 0.05) is 11.6 Å². The Hall–Kier alpha value is -3.08. The molecule has 0 saturated heterocycles. The SMILES string of the molecule is COc1ccc(S(=O)(=O)n2cnc3ccccc32)c2c1CC(NC(=O)C(F)(F)F)CC2. The lowest BCUT2D eigenvalue weighted by atomic mass is 9.87. The standard InChI is InChI=1S/C20H18F3N3O4S/c1-30-17-8-9-18(31(28,29)26-11-24-15-4-2-3-5-16(15)26)13-7-6-12(10-14(13)17)25-19(27)20(21,22)23/h2-5,8-9,11-12H,6-7,10H2,1H3,(H,25,27). The van der Waals surface area contributed by atoms with Crippen LogP contribution < -0.4 is 10.1 Å². The summed E-state index contributed by atoms with van der Waals surface area (Å²) in [6.07, 6.45) is -3.41. The highest BCUT2D eigenvalue weighted by Gasteiger charge is 2.40. The molecule has 1 aliphatic rings. The third-order valence-electron chi connectivity index (χ3n) is 5.31. The summed E-state index contributed by atoms with van der Waals surface area (Å²) in [6, 6.07) is 8.89. The number of nitrogens with zero attached hydrogens (tertiary/aromatic N) is 2. The maximum absolute atomic E-state index is 13.4. The molecule has 0 aliphatic heterocycles. The predicted octanol–water partition coefficient (Wildman–Crippen LogP) is 2.82. The second-order valence-corrected chi connectivity index (χ2v) is 8.95. The fourth-order valence-corrected chi connectivity index (χ4v) is 5.45. The molecule has 1 N–H and O–H groups in total. The zero-order valence-corrected chi connectivity index (χ0v) is 17.1. The zero-order valence-electron chi connectivity index (χ0n) is 16.3. The minimum atomic E-state index is -4.99. The van der Waals surface area contributed by atoms with Crippen molar-refractivity contribution in [3.05, 3.63) is 53.9 Å². The molecule has 0 spiro atoms. The van der Waals surface area contributed by atoms with Gasteiger partial charge < -0.3 is 10.1 Å². The minimum Gasteiger partial charge on any atom is -0.496 e. The fraction of sp³-hybridized carbons (Fsp3) is 0.300. The fourth-order valence-electron chi connectivity index (χ4n) is 3.87. The molecule has 1 aromatic heterocycles. The molecule has 3 aromatic rings. The summed E-state index contributed by atoms with van der Waals surface area (Å²) < 4.78 is 71.1. The van der Waals surface area contributed by atoms with Crippen LogP contribution >= 0.6 is 0 Å². The van der Waals surface area contributed by atoms with Crippen molar-refractivity contribution >= 4 is 27.0 Å². The van der Waals surface area contributed by atoms with E-state index in [2.05, 4.69) is 4.98 Å². The highest BCUT2D eigenvalue weighted by Crippen LogP contribution is 2.36. The zero-order chi connectivity index (χ0) is 22.4. The Morgan fingerprint density at radius 1 is 1.19 bits per heavy atom. The van der Waals surface area contributed by atoms with E-state index in [1.165, 1.54) is 25.6 Å². The number of fused-ring (bicyclic) bond motifs is 2. The van der Waals surface area contributed by atoms with E-state index in [0.29, 0.717) is 27.9 Å². The van der Waals surface area contributed by atoms with E-state index in [9.17, 15) is 26.4 Å². The summed E-state index contributed by atoms with van der Waals surface area (Å²) in [5.74, 6) is -1.66. The number of hydrogen-bond donors (Lipinski definition) is 1. The Morgan fingerprint density at radius 3 is 2.65 bits per heavy atom. The first kappa shape index (κ1) is 21.2. The van der Waals surface area contributed by atoms with Gasteiger partial charge in [0.05, 0.1) is 23.0 Å². The number of imidazole rings is 1. The van der Waals surface area contributed by atoms with E-state index in [1.807, 2.05) is 5.32 Å². The highest BCUT2D eigenvalue weighted by atomic mass is 32.2. The lowest BCUT2D eigenvalue weighted by molar-refractivity contribution is -0.174. The van der Waals surface area contributed by atoms with E-state index in [4.69, 9.17) is 4.74 Å². The van der Waals surface area contributed by atoms with Crippen LogP contribution in [0.15, 0.2) is 47.6 Å². The molecule has 1 amide bonds. The number of aromatic nitrogens is 2. The van der Waals surface area contributed by atoms with Crippen molar-refractivity contribution < 1.29 is 31.1 Å². The Bertz CT molecular complexity index is 1270. The topological polar surface area (TPSA) is 90.3 Å². The largest absolute Gasteiger partial charge is 0.496 e. The Morgan fingerprint density at radius 2 is 1.94 bits per heavy atom. The summed E-state index contributed by atoms with van der Waals surface area (Å²) in [6.45, 7) is 0. The first-order chi connectivity index (χ1) is 14.6. The molecular weight excluding hydrogens is 435 g/mol. The van der Waals surface area contributed by atoms with Gasteiger partial charge in [-0.1, -0.05) is 12.1 Å². The number of halogens is 3. The van der Waals surface area contributed by atoms with E-state index >= 15 is 0 Å². The molecule has 2 aromatic carbocycles. The summed E-state index contributed by atoms with van der Waals surface area (Å²) in [7, 11) is -2.63. The summed E-state index contributed by atoms with van der Waals surface area (Å²) in [5, 5.41) is 1.98. The van der Waals surface area contributed by atoms with E-state index in [1.54, 1.807) is 24.3 Å². The monoisotopic (exact) mass is 453 g/mol. The van der Waals surface area contributed by atoms with Gasteiger partial charge in [0.2, 0.25) is 0 Å².